The van der Waals surface area contributed by atoms with Crippen LogP contribution in [0.4, 0.5) is 5.69 Å². The van der Waals surface area contributed by atoms with Crippen molar-refractivity contribution in [2.24, 2.45) is 0 Å². The fraction of sp³-hybridized carbons (Fsp3) is 0.538. The summed E-state index contributed by atoms with van der Waals surface area (Å²) in [7, 11) is 0. The van der Waals surface area contributed by atoms with Gasteiger partial charge in [-0.2, -0.15) is 0 Å². The fourth-order valence-electron chi connectivity index (χ4n) is 1.79. The van der Waals surface area contributed by atoms with Crippen molar-refractivity contribution in [2.75, 3.05) is 18.5 Å². The molecule has 3 heteroatoms. The van der Waals surface area contributed by atoms with Gasteiger partial charge in [0, 0.05) is 0 Å². The van der Waals surface area contributed by atoms with Gasteiger partial charge in [-0.1, -0.05) is 26.8 Å². The standard InChI is InChI=1S/C13H19NO2/c1-13(2,3)9-4-5-12-11(6-9)14-10(7-15)8-16-12/h4-6,10,14-15H,7-8H2,1-3H3. The number of fused-ring (bicyclic) bond motifs is 1. The van der Waals surface area contributed by atoms with Crippen molar-refractivity contribution in [3.63, 3.8) is 0 Å². The Kier molecular flexibility index (Phi) is 2.80. The highest BCUT2D eigenvalue weighted by molar-refractivity contribution is 5.60. The van der Waals surface area contributed by atoms with Gasteiger partial charge in [0.05, 0.1) is 18.3 Å². The quantitative estimate of drug-likeness (QED) is 0.763. The van der Waals surface area contributed by atoms with E-state index in [9.17, 15) is 0 Å². The van der Waals surface area contributed by atoms with Crippen LogP contribution in [0.3, 0.4) is 0 Å². The van der Waals surface area contributed by atoms with Crippen molar-refractivity contribution in [1.29, 1.82) is 0 Å². The summed E-state index contributed by atoms with van der Waals surface area (Å²) in [6.07, 6.45) is 0. The van der Waals surface area contributed by atoms with Crippen LogP contribution in [0, 0.1) is 0 Å². The Hall–Kier alpha value is -1.22. The molecule has 1 aromatic rings. The summed E-state index contributed by atoms with van der Waals surface area (Å²) in [6, 6.07) is 6.20. The number of nitrogens with one attached hydrogen (secondary N) is 1. The Morgan fingerprint density at radius 1 is 1.44 bits per heavy atom. The zero-order valence-corrected chi connectivity index (χ0v) is 10.1. The molecule has 1 aliphatic heterocycles. The Morgan fingerprint density at radius 2 is 2.19 bits per heavy atom. The van der Waals surface area contributed by atoms with E-state index in [2.05, 4.69) is 38.2 Å². The molecule has 0 saturated carbocycles. The molecule has 1 atom stereocenters. The van der Waals surface area contributed by atoms with Gasteiger partial charge in [-0.15, -0.1) is 0 Å². The van der Waals surface area contributed by atoms with Crippen LogP contribution in [-0.4, -0.2) is 24.4 Å². The second-order valence-corrected chi connectivity index (χ2v) is 5.30. The lowest BCUT2D eigenvalue weighted by Gasteiger charge is -2.28. The number of aliphatic hydroxyl groups excluding tert-OH is 1. The van der Waals surface area contributed by atoms with Crippen molar-refractivity contribution in [3.8, 4) is 5.75 Å². The van der Waals surface area contributed by atoms with Crippen molar-refractivity contribution >= 4 is 5.69 Å². The van der Waals surface area contributed by atoms with E-state index in [4.69, 9.17) is 9.84 Å². The molecule has 0 saturated heterocycles. The molecule has 0 radical (unpaired) electrons. The summed E-state index contributed by atoms with van der Waals surface area (Å²) in [5, 5.41) is 12.4. The molecule has 1 aromatic carbocycles. The molecule has 1 heterocycles. The number of rotatable bonds is 1. The third kappa shape index (κ3) is 2.14. The monoisotopic (exact) mass is 221 g/mol. The van der Waals surface area contributed by atoms with Gasteiger partial charge in [-0.25, -0.2) is 0 Å². The van der Waals surface area contributed by atoms with Gasteiger partial charge in [0.1, 0.15) is 12.4 Å². The molecule has 1 unspecified atom stereocenters. The highest BCUT2D eigenvalue weighted by Gasteiger charge is 2.21. The van der Waals surface area contributed by atoms with E-state index < -0.39 is 0 Å². The van der Waals surface area contributed by atoms with Crippen molar-refractivity contribution in [1.82, 2.24) is 0 Å². The van der Waals surface area contributed by atoms with Crippen LogP contribution in [0.5, 0.6) is 5.75 Å². The van der Waals surface area contributed by atoms with Crippen LogP contribution in [0.1, 0.15) is 26.3 Å². The van der Waals surface area contributed by atoms with Crippen LogP contribution in [0.15, 0.2) is 18.2 Å². The van der Waals surface area contributed by atoms with E-state index in [1.807, 2.05) is 6.07 Å². The van der Waals surface area contributed by atoms with Gasteiger partial charge in [0.15, 0.2) is 0 Å². The first kappa shape index (κ1) is 11.3. The molecular formula is C13H19NO2. The largest absolute Gasteiger partial charge is 0.489 e. The number of hydrogen-bond donors (Lipinski definition) is 2. The predicted octanol–water partition coefficient (Wildman–Crippen LogP) is 2.15. The summed E-state index contributed by atoms with van der Waals surface area (Å²) in [6.45, 7) is 7.17. The average molecular weight is 221 g/mol. The van der Waals surface area contributed by atoms with E-state index in [-0.39, 0.29) is 18.1 Å². The third-order valence-corrected chi connectivity index (χ3v) is 2.87. The van der Waals surface area contributed by atoms with Crippen molar-refractivity contribution < 1.29 is 9.84 Å². The molecule has 2 N–H and O–H groups in total. The van der Waals surface area contributed by atoms with Gasteiger partial charge in [0.25, 0.3) is 0 Å². The van der Waals surface area contributed by atoms with Crippen LogP contribution in [0.2, 0.25) is 0 Å². The Labute approximate surface area is 96.4 Å². The lowest BCUT2D eigenvalue weighted by molar-refractivity contribution is 0.207. The van der Waals surface area contributed by atoms with Gasteiger partial charge in [-0.05, 0) is 23.1 Å². The number of benzene rings is 1. The average Bonchev–Trinajstić information content (AvgIpc) is 2.26. The number of aliphatic hydroxyl groups is 1. The Morgan fingerprint density at radius 3 is 2.81 bits per heavy atom. The Balaban J connectivity index is 2.31. The molecule has 88 valence electrons. The molecule has 16 heavy (non-hydrogen) atoms. The van der Waals surface area contributed by atoms with E-state index >= 15 is 0 Å². The minimum absolute atomic E-state index is 0.00252. The van der Waals surface area contributed by atoms with Gasteiger partial charge in [-0.3, -0.25) is 0 Å². The van der Waals surface area contributed by atoms with Crippen molar-refractivity contribution in [2.45, 2.75) is 32.2 Å². The zero-order valence-electron chi connectivity index (χ0n) is 10.1. The van der Waals surface area contributed by atoms with Gasteiger partial charge in [0.2, 0.25) is 0 Å². The molecule has 0 amide bonds. The first-order valence-electron chi connectivity index (χ1n) is 5.65. The van der Waals surface area contributed by atoms with E-state index in [1.54, 1.807) is 0 Å². The lowest BCUT2D eigenvalue weighted by Crippen LogP contribution is -2.34. The maximum Gasteiger partial charge on any atom is 0.142 e. The van der Waals surface area contributed by atoms with Gasteiger partial charge < -0.3 is 15.2 Å². The number of ether oxygens (including phenoxy) is 1. The van der Waals surface area contributed by atoms with E-state index in [1.165, 1.54) is 5.56 Å². The smallest absolute Gasteiger partial charge is 0.142 e. The summed E-state index contributed by atoms with van der Waals surface area (Å²) in [5.41, 5.74) is 2.38. The highest BCUT2D eigenvalue weighted by atomic mass is 16.5. The van der Waals surface area contributed by atoms with Crippen molar-refractivity contribution in [3.05, 3.63) is 23.8 Å². The number of anilines is 1. The Bertz CT molecular complexity index is 382. The van der Waals surface area contributed by atoms with E-state index in [0.717, 1.165) is 11.4 Å². The molecule has 0 aromatic heterocycles. The minimum atomic E-state index is 0.00252. The van der Waals surface area contributed by atoms with Crippen LogP contribution >= 0.6 is 0 Å². The minimum Gasteiger partial charge on any atom is -0.489 e. The zero-order chi connectivity index (χ0) is 11.8. The normalized spacial score (nSPS) is 19.6. The molecule has 0 aliphatic carbocycles. The first-order chi connectivity index (χ1) is 7.50. The maximum atomic E-state index is 9.10. The highest BCUT2D eigenvalue weighted by Crippen LogP contribution is 2.33. The summed E-state index contributed by atoms with van der Waals surface area (Å²) >= 11 is 0. The topological polar surface area (TPSA) is 41.5 Å². The molecule has 2 rings (SSSR count). The SMILES string of the molecule is CC(C)(C)c1ccc2c(c1)NC(CO)CO2. The fourth-order valence-corrected chi connectivity index (χ4v) is 1.79. The van der Waals surface area contributed by atoms with Crippen LogP contribution < -0.4 is 10.1 Å². The molecular weight excluding hydrogens is 202 g/mol. The first-order valence-corrected chi connectivity index (χ1v) is 5.65. The summed E-state index contributed by atoms with van der Waals surface area (Å²) in [4.78, 5) is 0. The second-order valence-electron chi connectivity index (χ2n) is 5.30. The lowest BCUT2D eigenvalue weighted by atomic mass is 9.86. The molecule has 0 spiro atoms. The third-order valence-electron chi connectivity index (χ3n) is 2.87. The molecule has 0 fully saturated rings. The predicted molar refractivity (Wildman–Crippen MR) is 65.1 cm³/mol. The van der Waals surface area contributed by atoms with Crippen LogP contribution in [0.25, 0.3) is 0 Å². The van der Waals surface area contributed by atoms with Crippen LogP contribution in [-0.2, 0) is 5.41 Å². The summed E-state index contributed by atoms with van der Waals surface area (Å²) < 4.78 is 5.57. The second kappa shape index (κ2) is 3.98. The van der Waals surface area contributed by atoms with E-state index in [0.29, 0.717) is 6.61 Å². The summed E-state index contributed by atoms with van der Waals surface area (Å²) in [5.74, 6) is 0.873. The molecule has 0 bridgehead atoms. The molecule has 3 nitrogen and oxygen atoms in total. The van der Waals surface area contributed by atoms with Gasteiger partial charge >= 0.3 is 0 Å². The maximum absolute atomic E-state index is 9.10. The molecule has 1 aliphatic rings. The number of hydrogen-bond acceptors (Lipinski definition) is 3.